The molecule has 1 aliphatic rings. The molecule has 0 saturated carbocycles. The van der Waals surface area contributed by atoms with Crippen molar-refractivity contribution in [3.05, 3.63) is 115 Å². The number of aryl methyl sites for hydroxylation is 1. The topological polar surface area (TPSA) is 45.6 Å². The van der Waals surface area contributed by atoms with Gasteiger partial charge in [0.1, 0.15) is 24.4 Å². The zero-order valence-electron chi connectivity index (χ0n) is 20.0. The Morgan fingerprint density at radius 1 is 0.914 bits per heavy atom. The van der Waals surface area contributed by atoms with E-state index in [1.807, 2.05) is 90.7 Å². The summed E-state index contributed by atoms with van der Waals surface area (Å²) in [5.41, 5.74) is 4.07. The highest BCUT2D eigenvalue weighted by Crippen LogP contribution is 2.44. The van der Waals surface area contributed by atoms with Crippen molar-refractivity contribution >= 4 is 34.4 Å². The molecule has 35 heavy (non-hydrogen) atoms. The number of benzene rings is 2. The Labute approximate surface area is 205 Å². The molecule has 0 radical (unpaired) electrons. The molecule has 5 rings (SSSR count). The van der Waals surface area contributed by atoms with E-state index in [2.05, 4.69) is 52.2 Å². The first kappa shape index (κ1) is 22.2. The number of aromatic nitrogens is 2. The second-order valence-electron chi connectivity index (χ2n) is 8.06. The maximum atomic E-state index is 5.95. The quantitative estimate of drug-likeness (QED) is 0.263. The average Bonchev–Trinajstić information content (AvgIpc) is 3.37. The molecule has 2 aromatic heterocycles. The van der Waals surface area contributed by atoms with Crippen LogP contribution in [0.2, 0.25) is 0 Å². The molecule has 3 heterocycles. The van der Waals surface area contributed by atoms with Crippen LogP contribution < -0.4 is 19.1 Å². The molecule has 0 saturated heterocycles. The lowest BCUT2D eigenvalue weighted by Crippen LogP contribution is -2.29. The Balaban J connectivity index is 1.32. The fourth-order valence-electron chi connectivity index (χ4n) is 4.14. The third-order valence-corrected chi connectivity index (χ3v) is 5.94. The number of methoxy groups -OCH3 is 1. The number of ether oxygens (including phenoxy) is 1. The number of hydrogen-bond donors (Lipinski definition) is 0. The van der Waals surface area contributed by atoms with Crippen LogP contribution in [0.3, 0.4) is 0 Å². The van der Waals surface area contributed by atoms with Crippen molar-refractivity contribution in [3.63, 3.8) is 0 Å². The summed E-state index contributed by atoms with van der Waals surface area (Å²) < 4.78 is 13.2. The lowest BCUT2D eigenvalue weighted by molar-refractivity contribution is -0.652. The van der Waals surface area contributed by atoms with Crippen LogP contribution >= 0.6 is 0 Å². The van der Waals surface area contributed by atoms with Crippen LogP contribution in [0.15, 0.2) is 114 Å². The van der Waals surface area contributed by atoms with Gasteiger partial charge in [-0.1, -0.05) is 48.6 Å². The van der Waals surface area contributed by atoms with Crippen LogP contribution in [0.1, 0.15) is 5.89 Å². The summed E-state index contributed by atoms with van der Waals surface area (Å²) in [6.45, 7) is 0. The highest BCUT2D eigenvalue weighted by atomic mass is 16.5. The van der Waals surface area contributed by atoms with Crippen LogP contribution in [-0.2, 0) is 7.05 Å². The SMILES string of the molecule is COc1ccc2c(c1)oc(C=CC=CC=CC=C1N(C)c3ccccc3N1c1ccccn1)[n+]2C. The Morgan fingerprint density at radius 2 is 1.69 bits per heavy atom. The summed E-state index contributed by atoms with van der Waals surface area (Å²) in [4.78, 5) is 8.91. The number of rotatable bonds is 6. The molecule has 0 aliphatic carbocycles. The van der Waals surface area contributed by atoms with Gasteiger partial charge in [-0.25, -0.2) is 4.98 Å². The van der Waals surface area contributed by atoms with Gasteiger partial charge in [-0.05, 0) is 36.4 Å². The predicted octanol–water partition coefficient (Wildman–Crippen LogP) is 5.92. The largest absolute Gasteiger partial charge is 0.497 e. The van der Waals surface area contributed by atoms with Crippen molar-refractivity contribution in [1.29, 1.82) is 0 Å². The summed E-state index contributed by atoms with van der Waals surface area (Å²) in [5, 5.41) is 0. The molecule has 0 amide bonds. The minimum atomic E-state index is 0.764. The number of anilines is 3. The summed E-state index contributed by atoms with van der Waals surface area (Å²) in [7, 11) is 5.71. The molecule has 0 N–H and O–H groups in total. The zero-order chi connectivity index (χ0) is 24.2. The van der Waals surface area contributed by atoms with E-state index in [-0.39, 0.29) is 0 Å². The number of para-hydroxylation sites is 2. The molecular weight excluding hydrogens is 436 g/mol. The minimum absolute atomic E-state index is 0.764. The molecule has 6 heteroatoms. The van der Waals surface area contributed by atoms with Gasteiger partial charge in [0.2, 0.25) is 5.58 Å². The van der Waals surface area contributed by atoms with Crippen LogP contribution in [-0.4, -0.2) is 19.1 Å². The molecule has 4 aromatic rings. The number of oxazole rings is 1. The zero-order valence-corrected chi connectivity index (χ0v) is 20.0. The van der Waals surface area contributed by atoms with Gasteiger partial charge in [0.05, 0.1) is 24.6 Å². The standard InChI is InChI=1S/C29H27N4O2/c1-31-23-13-9-10-14-24(23)33(27-15-11-12-20-30-27)28(31)16-7-5-4-6-8-17-29-32(2)25-19-18-22(34-3)21-26(25)35-29/h4-21H,1-3H3/q+1. The summed E-state index contributed by atoms with van der Waals surface area (Å²) >= 11 is 0. The monoisotopic (exact) mass is 463 g/mol. The highest BCUT2D eigenvalue weighted by molar-refractivity contribution is 5.87. The number of pyridine rings is 1. The molecule has 0 bridgehead atoms. The van der Waals surface area contributed by atoms with Crippen molar-refractivity contribution < 1.29 is 13.7 Å². The number of hydrogen-bond acceptors (Lipinski definition) is 5. The average molecular weight is 464 g/mol. The number of nitrogens with zero attached hydrogens (tertiary/aromatic N) is 4. The van der Waals surface area contributed by atoms with Crippen LogP contribution in [0.25, 0.3) is 17.2 Å². The Kier molecular flexibility index (Phi) is 6.18. The predicted molar refractivity (Wildman–Crippen MR) is 141 cm³/mol. The van der Waals surface area contributed by atoms with Gasteiger partial charge in [-0.2, -0.15) is 4.57 Å². The summed E-state index contributed by atoms with van der Waals surface area (Å²) in [5.74, 6) is 3.47. The summed E-state index contributed by atoms with van der Waals surface area (Å²) in [6.07, 6.45) is 15.8. The van der Waals surface area contributed by atoms with Gasteiger partial charge >= 0.3 is 5.89 Å². The van der Waals surface area contributed by atoms with Crippen LogP contribution in [0.4, 0.5) is 17.2 Å². The lowest BCUT2D eigenvalue weighted by Gasteiger charge is -2.21. The normalized spacial score (nSPS) is 14.9. The van der Waals surface area contributed by atoms with E-state index >= 15 is 0 Å². The molecule has 1 aliphatic heterocycles. The van der Waals surface area contributed by atoms with E-state index < -0.39 is 0 Å². The van der Waals surface area contributed by atoms with E-state index in [0.717, 1.165) is 45.8 Å². The van der Waals surface area contributed by atoms with Crippen molar-refractivity contribution in [2.75, 3.05) is 24.0 Å². The smallest absolute Gasteiger partial charge is 0.373 e. The van der Waals surface area contributed by atoms with Gasteiger partial charge < -0.3 is 14.1 Å². The molecule has 174 valence electrons. The fraction of sp³-hybridized carbons (Fsp3) is 0.103. The van der Waals surface area contributed by atoms with E-state index in [4.69, 9.17) is 9.15 Å². The molecule has 2 aromatic carbocycles. The molecule has 0 atom stereocenters. The lowest BCUT2D eigenvalue weighted by atomic mass is 10.2. The van der Waals surface area contributed by atoms with Crippen LogP contribution in [0, 0.1) is 0 Å². The Bertz CT molecular complexity index is 1460. The molecule has 0 unspecified atom stereocenters. The van der Waals surface area contributed by atoms with Gasteiger partial charge in [-0.3, -0.25) is 4.90 Å². The van der Waals surface area contributed by atoms with Gasteiger partial charge in [0.15, 0.2) is 0 Å². The number of allylic oxidation sites excluding steroid dienone is 6. The van der Waals surface area contributed by atoms with Gasteiger partial charge in [-0.15, -0.1) is 0 Å². The maximum absolute atomic E-state index is 5.95. The maximum Gasteiger partial charge on any atom is 0.373 e. The van der Waals surface area contributed by atoms with Crippen molar-refractivity contribution in [2.45, 2.75) is 0 Å². The molecule has 6 nitrogen and oxygen atoms in total. The highest BCUT2D eigenvalue weighted by Gasteiger charge is 2.29. The fourth-order valence-corrected chi connectivity index (χ4v) is 4.14. The third kappa shape index (κ3) is 4.34. The van der Waals surface area contributed by atoms with E-state index in [1.54, 1.807) is 7.11 Å². The molecule has 0 fully saturated rings. The van der Waals surface area contributed by atoms with E-state index in [0.29, 0.717) is 0 Å². The summed E-state index contributed by atoms with van der Waals surface area (Å²) in [6, 6.07) is 20.1. The first-order valence-electron chi connectivity index (χ1n) is 11.4. The van der Waals surface area contributed by atoms with Gasteiger partial charge in [0.25, 0.3) is 5.52 Å². The Morgan fingerprint density at radius 3 is 2.49 bits per heavy atom. The van der Waals surface area contributed by atoms with Crippen LogP contribution in [0.5, 0.6) is 5.75 Å². The van der Waals surface area contributed by atoms with Crippen molar-refractivity contribution in [2.24, 2.45) is 7.05 Å². The first-order valence-corrected chi connectivity index (χ1v) is 11.4. The Hall–Kier alpha value is -4.58. The molecule has 0 spiro atoms. The van der Waals surface area contributed by atoms with E-state index in [1.165, 1.54) is 0 Å². The number of fused-ring (bicyclic) bond motifs is 2. The van der Waals surface area contributed by atoms with E-state index in [9.17, 15) is 0 Å². The van der Waals surface area contributed by atoms with Gasteiger partial charge in [0, 0.05) is 25.4 Å². The second-order valence-corrected chi connectivity index (χ2v) is 8.06. The molecular formula is C29H27N4O2+. The van der Waals surface area contributed by atoms with Crippen molar-refractivity contribution in [1.82, 2.24) is 4.98 Å². The third-order valence-electron chi connectivity index (χ3n) is 5.94. The second kappa shape index (κ2) is 9.73. The minimum Gasteiger partial charge on any atom is -0.497 e. The van der Waals surface area contributed by atoms with Crippen molar-refractivity contribution in [3.8, 4) is 5.75 Å². The first-order chi connectivity index (χ1) is 17.2.